The molecule has 1 unspecified atom stereocenters. The van der Waals surface area contributed by atoms with Gasteiger partial charge in [-0.15, -0.1) is 11.3 Å². The molecule has 0 radical (unpaired) electrons. The summed E-state index contributed by atoms with van der Waals surface area (Å²) in [7, 11) is 0. The lowest BCUT2D eigenvalue weighted by molar-refractivity contribution is -0.117. The van der Waals surface area contributed by atoms with Crippen LogP contribution in [0, 0.1) is 11.6 Å². The first-order valence-electron chi connectivity index (χ1n) is 7.96. The molecule has 0 saturated carbocycles. The van der Waals surface area contributed by atoms with E-state index in [-0.39, 0.29) is 5.76 Å². The van der Waals surface area contributed by atoms with E-state index in [1.807, 2.05) is 0 Å². The van der Waals surface area contributed by atoms with Gasteiger partial charge in [-0.3, -0.25) is 9.59 Å². The molecular formula is C18H15F2N3O3S. The molecule has 1 atom stereocenters. The summed E-state index contributed by atoms with van der Waals surface area (Å²) in [4.78, 5) is 28.9. The highest BCUT2D eigenvalue weighted by molar-refractivity contribution is 7.15. The van der Waals surface area contributed by atoms with Crippen molar-refractivity contribution >= 4 is 28.3 Å². The van der Waals surface area contributed by atoms with Crippen molar-refractivity contribution in [2.75, 3.05) is 5.32 Å². The standard InChI is InChI=1S/C18H15F2N3O3S/c1-10(22-17(25)15-3-2-6-26-15)16(24)23-18-21-9-12(27-18)7-11-4-5-13(19)14(20)8-11/h2-6,8-10H,7H2,1H3,(H,22,25)(H,21,23,24). The first kappa shape index (κ1) is 18.7. The highest BCUT2D eigenvalue weighted by atomic mass is 32.1. The number of hydrogen-bond donors (Lipinski definition) is 2. The number of carbonyl (C=O) groups is 2. The van der Waals surface area contributed by atoms with Crippen molar-refractivity contribution < 1.29 is 22.8 Å². The molecular weight excluding hydrogens is 376 g/mol. The Morgan fingerprint density at radius 3 is 2.78 bits per heavy atom. The van der Waals surface area contributed by atoms with E-state index in [2.05, 4.69) is 15.6 Å². The first-order valence-corrected chi connectivity index (χ1v) is 8.78. The molecule has 9 heteroatoms. The minimum Gasteiger partial charge on any atom is -0.459 e. The van der Waals surface area contributed by atoms with Gasteiger partial charge in [-0.05, 0) is 36.8 Å². The molecule has 0 saturated heterocycles. The Morgan fingerprint density at radius 1 is 1.26 bits per heavy atom. The van der Waals surface area contributed by atoms with E-state index in [1.54, 1.807) is 12.3 Å². The van der Waals surface area contributed by atoms with Gasteiger partial charge < -0.3 is 15.1 Å². The molecule has 6 nitrogen and oxygen atoms in total. The van der Waals surface area contributed by atoms with Crippen LogP contribution in [0.15, 0.2) is 47.2 Å². The van der Waals surface area contributed by atoms with Crippen molar-refractivity contribution in [2.24, 2.45) is 0 Å². The lowest BCUT2D eigenvalue weighted by Gasteiger charge is -2.11. The fourth-order valence-electron chi connectivity index (χ4n) is 2.25. The smallest absolute Gasteiger partial charge is 0.287 e. The SMILES string of the molecule is CC(NC(=O)c1ccco1)C(=O)Nc1ncc(Cc2ccc(F)c(F)c2)s1. The molecule has 0 aliphatic heterocycles. The van der Waals surface area contributed by atoms with E-state index < -0.39 is 29.5 Å². The van der Waals surface area contributed by atoms with E-state index in [9.17, 15) is 18.4 Å². The molecule has 2 amide bonds. The maximum atomic E-state index is 13.3. The number of furan rings is 1. The number of anilines is 1. The van der Waals surface area contributed by atoms with Crippen molar-refractivity contribution in [2.45, 2.75) is 19.4 Å². The summed E-state index contributed by atoms with van der Waals surface area (Å²) in [6, 6.07) is 5.94. The third-order valence-corrected chi connectivity index (χ3v) is 4.54. The fraction of sp³-hybridized carbons (Fsp3) is 0.167. The minimum atomic E-state index is -0.910. The van der Waals surface area contributed by atoms with Crippen molar-refractivity contribution in [1.29, 1.82) is 0 Å². The number of hydrogen-bond acceptors (Lipinski definition) is 5. The number of amides is 2. The molecule has 0 bridgehead atoms. The number of thiazole rings is 1. The van der Waals surface area contributed by atoms with E-state index >= 15 is 0 Å². The zero-order chi connectivity index (χ0) is 19.4. The first-order chi connectivity index (χ1) is 12.9. The van der Waals surface area contributed by atoms with Gasteiger partial charge in [0.25, 0.3) is 5.91 Å². The molecule has 2 N–H and O–H groups in total. The molecule has 0 aliphatic rings. The molecule has 3 aromatic rings. The predicted octanol–water partition coefficient (Wildman–Crippen LogP) is 3.36. The van der Waals surface area contributed by atoms with Crippen molar-refractivity contribution in [1.82, 2.24) is 10.3 Å². The molecule has 0 fully saturated rings. The zero-order valence-corrected chi connectivity index (χ0v) is 15.0. The second-order valence-corrected chi connectivity index (χ2v) is 6.83. The Hall–Kier alpha value is -3.07. The molecule has 27 heavy (non-hydrogen) atoms. The Morgan fingerprint density at radius 2 is 2.07 bits per heavy atom. The predicted molar refractivity (Wildman–Crippen MR) is 95.5 cm³/mol. The van der Waals surface area contributed by atoms with Crippen LogP contribution in [0.3, 0.4) is 0 Å². The average molecular weight is 391 g/mol. The number of nitrogens with zero attached hydrogens (tertiary/aromatic N) is 1. The molecule has 2 heterocycles. The minimum absolute atomic E-state index is 0.109. The highest BCUT2D eigenvalue weighted by Gasteiger charge is 2.19. The molecule has 0 aliphatic carbocycles. The van der Waals surface area contributed by atoms with Crippen LogP contribution in [-0.2, 0) is 11.2 Å². The molecule has 3 rings (SSSR count). The third kappa shape index (κ3) is 4.76. The van der Waals surface area contributed by atoms with Gasteiger partial charge >= 0.3 is 0 Å². The Bertz CT molecular complexity index is 957. The van der Waals surface area contributed by atoms with Crippen LogP contribution in [0.4, 0.5) is 13.9 Å². The Balaban J connectivity index is 1.57. The van der Waals surface area contributed by atoms with Gasteiger partial charge in [-0.25, -0.2) is 13.8 Å². The summed E-state index contributed by atoms with van der Waals surface area (Å²) in [6.45, 7) is 1.53. The summed E-state index contributed by atoms with van der Waals surface area (Å²) in [5.74, 6) is -2.64. The van der Waals surface area contributed by atoms with Gasteiger partial charge in [-0.1, -0.05) is 6.07 Å². The lowest BCUT2D eigenvalue weighted by Crippen LogP contribution is -2.41. The number of benzene rings is 1. The summed E-state index contributed by atoms with van der Waals surface area (Å²) in [5, 5.41) is 5.47. The number of aromatic nitrogens is 1. The van der Waals surface area contributed by atoms with Gasteiger partial charge in [0.15, 0.2) is 22.5 Å². The number of rotatable bonds is 6. The van der Waals surface area contributed by atoms with Crippen LogP contribution < -0.4 is 10.6 Å². The normalized spacial score (nSPS) is 11.8. The second kappa shape index (κ2) is 8.09. The zero-order valence-electron chi connectivity index (χ0n) is 14.2. The van der Waals surface area contributed by atoms with Crippen LogP contribution in [0.2, 0.25) is 0 Å². The average Bonchev–Trinajstić information content (AvgIpc) is 3.30. The Kier molecular flexibility index (Phi) is 5.60. The van der Waals surface area contributed by atoms with Gasteiger partial charge in [-0.2, -0.15) is 0 Å². The van der Waals surface area contributed by atoms with E-state index in [0.717, 1.165) is 17.0 Å². The van der Waals surface area contributed by atoms with Crippen molar-refractivity contribution in [3.05, 3.63) is 70.6 Å². The van der Waals surface area contributed by atoms with Gasteiger partial charge in [0, 0.05) is 17.5 Å². The van der Waals surface area contributed by atoms with Crippen LogP contribution in [0.25, 0.3) is 0 Å². The maximum absolute atomic E-state index is 13.3. The molecule has 140 valence electrons. The quantitative estimate of drug-likeness (QED) is 0.675. The maximum Gasteiger partial charge on any atom is 0.287 e. The van der Waals surface area contributed by atoms with Gasteiger partial charge in [0.1, 0.15) is 6.04 Å². The molecule has 0 spiro atoms. The largest absolute Gasteiger partial charge is 0.459 e. The third-order valence-electron chi connectivity index (χ3n) is 3.63. The fourth-order valence-corrected chi connectivity index (χ4v) is 3.10. The molecule has 2 aromatic heterocycles. The monoisotopic (exact) mass is 391 g/mol. The van der Waals surface area contributed by atoms with Gasteiger partial charge in [0.05, 0.1) is 6.26 Å². The Labute approximate surface area is 157 Å². The lowest BCUT2D eigenvalue weighted by atomic mass is 10.1. The van der Waals surface area contributed by atoms with Crippen LogP contribution >= 0.6 is 11.3 Å². The summed E-state index contributed by atoms with van der Waals surface area (Å²) in [5.41, 5.74) is 0.592. The van der Waals surface area contributed by atoms with Gasteiger partial charge in [0.2, 0.25) is 5.91 Å². The van der Waals surface area contributed by atoms with Crippen molar-refractivity contribution in [3.63, 3.8) is 0 Å². The van der Waals surface area contributed by atoms with E-state index in [0.29, 0.717) is 17.1 Å². The van der Waals surface area contributed by atoms with Crippen LogP contribution in [0.1, 0.15) is 27.9 Å². The number of carbonyl (C=O) groups excluding carboxylic acids is 2. The number of nitrogens with one attached hydrogen (secondary N) is 2. The second-order valence-electron chi connectivity index (χ2n) is 5.72. The molecule has 1 aromatic carbocycles. The number of halogens is 2. The summed E-state index contributed by atoms with van der Waals surface area (Å²) >= 11 is 1.21. The van der Waals surface area contributed by atoms with Crippen LogP contribution in [0.5, 0.6) is 0 Å². The van der Waals surface area contributed by atoms with E-state index in [1.165, 1.54) is 36.7 Å². The van der Waals surface area contributed by atoms with Crippen LogP contribution in [-0.4, -0.2) is 22.8 Å². The highest BCUT2D eigenvalue weighted by Crippen LogP contribution is 2.22. The van der Waals surface area contributed by atoms with Crippen molar-refractivity contribution in [3.8, 4) is 0 Å². The summed E-state index contributed by atoms with van der Waals surface area (Å²) in [6.07, 6.45) is 3.27. The topological polar surface area (TPSA) is 84.2 Å². The van der Waals surface area contributed by atoms with E-state index in [4.69, 9.17) is 4.42 Å². The summed E-state index contributed by atoms with van der Waals surface area (Å²) < 4.78 is 31.2.